The number of carbonyl (C=O) groups is 1. The lowest BCUT2D eigenvalue weighted by atomic mass is 9.48. The largest absolute Gasteiger partial charge is 0.376 e. The second-order valence-electron chi connectivity index (χ2n) is 11.2. The van der Waals surface area contributed by atoms with Gasteiger partial charge in [0.15, 0.2) is 11.0 Å². The third-order valence-corrected chi connectivity index (χ3v) is 9.89. The molecule has 178 valence electrons. The molecule has 7 heteroatoms. The Morgan fingerprint density at radius 1 is 1.12 bits per heavy atom. The Labute approximate surface area is 204 Å². The van der Waals surface area contributed by atoms with Gasteiger partial charge in [-0.05, 0) is 75.2 Å². The molecule has 4 bridgehead atoms. The number of rotatable bonds is 7. The predicted molar refractivity (Wildman–Crippen MR) is 133 cm³/mol. The van der Waals surface area contributed by atoms with Crippen LogP contribution in [0.5, 0.6) is 0 Å². The highest BCUT2D eigenvalue weighted by atomic mass is 32.2. The number of aromatic nitrogens is 4. The number of Topliss-reactive ketones (excluding diaryl/α,β-unsaturated/α-hetero) is 1. The normalized spacial score (nSPS) is 32.1. The molecule has 5 aliphatic rings. The van der Waals surface area contributed by atoms with Gasteiger partial charge in [0.2, 0.25) is 0 Å². The summed E-state index contributed by atoms with van der Waals surface area (Å²) in [6, 6.07) is 8.30. The summed E-state index contributed by atoms with van der Waals surface area (Å²) in [6.07, 6.45) is 11.8. The molecule has 8 rings (SSSR count). The maximum Gasteiger partial charge on any atom is 0.192 e. The van der Waals surface area contributed by atoms with Crippen LogP contribution in [0.1, 0.15) is 51.4 Å². The Morgan fingerprint density at radius 2 is 1.88 bits per heavy atom. The molecule has 3 heterocycles. The summed E-state index contributed by atoms with van der Waals surface area (Å²) in [5.74, 6) is 4.18. The summed E-state index contributed by atoms with van der Waals surface area (Å²) in [5, 5.41) is 11.2. The Hall–Kier alpha value is -2.12. The van der Waals surface area contributed by atoms with Crippen molar-refractivity contribution in [1.29, 1.82) is 0 Å². The van der Waals surface area contributed by atoms with Crippen LogP contribution >= 0.6 is 11.8 Å². The van der Waals surface area contributed by atoms with E-state index in [1.54, 1.807) is 11.8 Å². The number of ketones is 1. The van der Waals surface area contributed by atoms with E-state index in [1.165, 1.54) is 19.3 Å². The summed E-state index contributed by atoms with van der Waals surface area (Å²) in [5.41, 5.74) is 2.09. The van der Waals surface area contributed by atoms with E-state index in [2.05, 4.69) is 37.9 Å². The molecule has 1 unspecified atom stereocenters. The average Bonchev–Trinajstić information content (AvgIpc) is 3.57. The van der Waals surface area contributed by atoms with Crippen molar-refractivity contribution >= 4 is 28.4 Å². The molecule has 1 N–H and O–H groups in total. The zero-order valence-corrected chi connectivity index (χ0v) is 20.4. The Morgan fingerprint density at radius 3 is 2.62 bits per heavy atom. The van der Waals surface area contributed by atoms with Crippen molar-refractivity contribution in [2.24, 2.45) is 23.2 Å². The maximum absolute atomic E-state index is 13.6. The van der Waals surface area contributed by atoms with Crippen molar-refractivity contribution in [3.8, 4) is 11.4 Å². The van der Waals surface area contributed by atoms with Crippen molar-refractivity contribution in [1.82, 2.24) is 19.7 Å². The summed E-state index contributed by atoms with van der Waals surface area (Å²) in [7, 11) is 0. The minimum absolute atomic E-state index is 0.0547. The summed E-state index contributed by atoms with van der Waals surface area (Å²) >= 11 is 1.59. The second-order valence-corrected chi connectivity index (χ2v) is 12.2. The fraction of sp³-hybridized carbons (Fsp3) is 0.593. The van der Waals surface area contributed by atoms with Crippen molar-refractivity contribution in [3.05, 3.63) is 30.5 Å². The SMILES string of the molecule is O=C(CSc1nnc(-c2c[nH]c3ccccc23)n1CC1CCCO1)C12CC3CC(CC(C3)C1)C2. The minimum atomic E-state index is -0.0547. The van der Waals surface area contributed by atoms with E-state index in [1.807, 2.05) is 12.3 Å². The number of nitrogens with one attached hydrogen (secondary N) is 1. The summed E-state index contributed by atoms with van der Waals surface area (Å²) in [4.78, 5) is 17.0. The Kier molecular flexibility index (Phi) is 5.13. The third kappa shape index (κ3) is 3.54. The third-order valence-electron chi connectivity index (χ3n) is 8.92. The molecule has 1 atom stereocenters. The number of H-pyrrole nitrogens is 1. The quantitative estimate of drug-likeness (QED) is 0.457. The zero-order chi connectivity index (χ0) is 22.7. The first kappa shape index (κ1) is 21.2. The highest BCUT2D eigenvalue weighted by Crippen LogP contribution is 2.60. The van der Waals surface area contributed by atoms with E-state index in [9.17, 15) is 4.79 Å². The van der Waals surface area contributed by atoms with Gasteiger partial charge in [0.25, 0.3) is 0 Å². The van der Waals surface area contributed by atoms with Crippen molar-refractivity contribution in [2.45, 2.75) is 69.2 Å². The van der Waals surface area contributed by atoms with Crippen LogP contribution in [-0.4, -0.2) is 44.0 Å². The van der Waals surface area contributed by atoms with Gasteiger partial charge >= 0.3 is 0 Å². The summed E-state index contributed by atoms with van der Waals surface area (Å²) < 4.78 is 8.17. The van der Waals surface area contributed by atoms with Gasteiger partial charge in [-0.25, -0.2) is 0 Å². The molecule has 1 saturated heterocycles. The molecule has 0 radical (unpaired) electrons. The standard InChI is InChI=1S/C27H32N4O2S/c32-24(27-11-17-8-18(12-27)10-19(9-17)13-27)16-34-26-30-29-25(31(26)15-20-4-3-7-33-20)22-14-28-23-6-2-1-5-21(22)23/h1-2,5-6,14,17-20,28H,3-4,7-13,15-16H2. The molecule has 34 heavy (non-hydrogen) atoms. The Balaban J connectivity index is 1.16. The van der Waals surface area contributed by atoms with Crippen LogP contribution in [-0.2, 0) is 16.1 Å². The number of benzene rings is 1. The number of carbonyl (C=O) groups excluding carboxylic acids is 1. The first-order chi connectivity index (χ1) is 16.7. The van der Waals surface area contributed by atoms with Gasteiger partial charge in [0, 0.05) is 34.7 Å². The molecule has 4 aliphatic carbocycles. The first-order valence-corrected chi connectivity index (χ1v) is 13.9. The van der Waals surface area contributed by atoms with Crippen LogP contribution in [0.2, 0.25) is 0 Å². The monoisotopic (exact) mass is 476 g/mol. The lowest BCUT2D eigenvalue weighted by Gasteiger charge is -2.56. The van der Waals surface area contributed by atoms with Gasteiger partial charge < -0.3 is 9.72 Å². The summed E-state index contributed by atoms with van der Waals surface area (Å²) in [6.45, 7) is 1.55. The topological polar surface area (TPSA) is 72.8 Å². The molecule has 3 aromatic rings. The van der Waals surface area contributed by atoms with Crippen LogP contribution in [0.4, 0.5) is 0 Å². The molecule has 0 spiro atoms. The van der Waals surface area contributed by atoms with Crippen LogP contribution < -0.4 is 0 Å². The van der Waals surface area contributed by atoms with Crippen molar-refractivity contribution < 1.29 is 9.53 Å². The number of nitrogens with zero attached hydrogens (tertiary/aromatic N) is 3. The number of hydrogen-bond donors (Lipinski definition) is 1. The molecular weight excluding hydrogens is 444 g/mol. The number of ether oxygens (including phenoxy) is 1. The van der Waals surface area contributed by atoms with Crippen LogP contribution in [0.3, 0.4) is 0 Å². The van der Waals surface area contributed by atoms with Crippen molar-refractivity contribution in [3.63, 3.8) is 0 Å². The molecular formula is C27H32N4O2S. The van der Waals surface area contributed by atoms with Crippen molar-refractivity contribution in [2.75, 3.05) is 12.4 Å². The number of hydrogen-bond acceptors (Lipinski definition) is 5. The molecule has 5 fully saturated rings. The fourth-order valence-electron chi connectivity index (χ4n) is 7.74. The van der Waals surface area contributed by atoms with Crippen LogP contribution in [0, 0.1) is 23.2 Å². The van der Waals surface area contributed by atoms with E-state index in [-0.39, 0.29) is 11.5 Å². The zero-order valence-electron chi connectivity index (χ0n) is 19.5. The van der Waals surface area contributed by atoms with Crippen LogP contribution in [0.25, 0.3) is 22.3 Å². The number of para-hydroxylation sites is 1. The van der Waals surface area contributed by atoms with E-state index >= 15 is 0 Å². The van der Waals surface area contributed by atoms with E-state index in [0.29, 0.717) is 11.5 Å². The van der Waals surface area contributed by atoms with Gasteiger partial charge in [-0.2, -0.15) is 0 Å². The number of thioether (sulfide) groups is 1. The molecule has 1 aliphatic heterocycles. The second kappa shape index (κ2) is 8.23. The molecule has 1 aromatic carbocycles. The first-order valence-electron chi connectivity index (χ1n) is 12.9. The van der Waals surface area contributed by atoms with E-state index in [0.717, 1.165) is 90.5 Å². The highest BCUT2D eigenvalue weighted by molar-refractivity contribution is 7.99. The highest BCUT2D eigenvalue weighted by Gasteiger charge is 2.54. The van der Waals surface area contributed by atoms with Gasteiger partial charge in [-0.3, -0.25) is 9.36 Å². The van der Waals surface area contributed by atoms with E-state index < -0.39 is 0 Å². The van der Waals surface area contributed by atoms with Crippen LogP contribution in [0.15, 0.2) is 35.6 Å². The van der Waals surface area contributed by atoms with Gasteiger partial charge in [-0.15, -0.1) is 10.2 Å². The molecule has 2 aromatic heterocycles. The average molecular weight is 477 g/mol. The number of fused-ring (bicyclic) bond motifs is 1. The lowest BCUT2D eigenvalue weighted by molar-refractivity contribution is -0.141. The molecule has 0 amide bonds. The lowest BCUT2D eigenvalue weighted by Crippen LogP contribution is -2.50. The molecule has 4 saturated carbocycles. The molecule has 6 nitrogen and oxygen atoms in total. The van der Waals surface area contributed by atoms with Gasteiger partial charge in [0.05, 0.1) is 18.4 Å². The van der Waals surface area contributed by atoms with Gasteiger partial charge in [0.1, 0.15) is 5.78 Å². The predicted octanol–water partition coefficient (Wildman–Crippen LogP) is 5.48. The Bertz CT molecular complexity index is 1190. The number of aromatic amines is 1. The smallest absolute Gasteiger partial charge is 0.192 e. The fourth-order valence-corrected chi connectivity index (χ4v) is 8.72. The minimum Gasteiger partial charge on any atom is -0.376 e. The maximum atomic E-state index is 13.6. The van der Waals surface area contributed by atoms with E-state index in [4.69, 9.17) is 4.74 Å². The van der Waals surface area contributed by atoms with Gasteiger partial charge in [-0.1, -0.05) is 30.0 Å².